The number of esters is 1. The zero-order chi connectivity index (χ0) is 14.5. The third kappa shape index (κ3) is 2.87. The van der Waals surface area contributed by atoms with Crippen molar-refractivity contribution in [3.8, 4) is 17.4 Å². The molecule has 0 aromatic carbocycles. The first-order valence-corrected chi connectivity index (χ1v) is 6.04. The molecule has 0 aliphatic carbocycles. The summed E-state index contributed by atoms with van der Waals surface area (Å²) in [6, 6.07) is 3.37. The molecule has 0 N–H and O–H groups in total. The van der Waals surface area contributed by atoms with Gasteiger partial charge in [0.2, 0.25) is 5.88 Å². The highest BCUT2D eigenvalue weighted by molar-refractivity contribution is 5.90. The molecular weight excluding hydrogens is 260 g/mol. The molecule has 0 spiro atoms. The average Bonchev–Trinajstić information content (AvgIpc) is 2.47. The van der Waals surface area contributed by atoms with Crippen molar-refractivity contribution in [3.05, 3.63) is 29.6 Å². The Hall–Kier alpha value is -2.57. The van der Waals surface area contributed by atoms with E-state index in [1.165, 1.54) is 13.3 Å². The number of hydrogen-bond donors (Lipinski definition) is 0. The van der Waals surface area contributed by atoms with Gasteiger partial charge >= 0.3 is 5.97 Å². The van der Waals surface area contributed by atoms with Crippen LogP contribution in [0.1, 0.15) is 23.0 Å². The summed E-state index contributed by atoms with van der Waals surface area (Å²) in [5, 5.41) is 7.80. The Morgan fingerprint density at radius 3 is 2.65 bits per heavy atom. The molecule has 0 fully saturated rings. The quantitative estimate of drug-likeness (QED) is 0.779. The molecule has 7 nitrogen and oxygen atoms in total. The van der Waals surface area contributed by atoms with Gasteiger partial charge in [-0.2, -0.15) is 0 Å². The van der Waals surface area contributed by atoms with E-state index >= 15 is 0 Å². The maximum atomic E-state index is 11.7. The van der Waals surface area contributed by atoms with Gasteiger partial charge in [0.05, 0.1) is 25.0 Å². The standard InChI is InChI=1S/C13H14N4O3/c1-4-20-13(18)9-7-14-12(15-8(9)2)10-5-6-11(19-3)17-16-10/h5-7H,4H2,1-3H3. The van der Waals surface area contributed by atoms with Gasteiger partial charge in [-0.1, -0.05) is 0 Å². The molecule has 20 heavy (non-hydrogen) atoms. The van der Waals surface area contributed by atoms with Gasteiger partial charge in [-0.3, -0.25) is 0 Å². The second-order valence-electron chi connectivity index (χ2n) is 3.87. The number of aryl methyl sites for hydroxylation is 1. The van der Waals surface area contributed by atoms with Crippen LogP contribution in [0.4, 0.5) is 0 Å². The number of methoxy groups -OCH3 is 1. The van der Waals surface area contributed by atoms with E-state index in [0.29, 0.717) is 35.3 Å². The van der Waals surface area contributed by atoms with Crippen molar-refractivity contribution in [2.24, 2.45) is 0 Å². The van der Waals surface area contributed by atoms with Gasteiger partial charge < -0.3 is 9.47 Å². The predicted molar refractivity (Wildman–Crippen MR) is 70.3 cm³/mol. The van der Waals surface area contributed by atoms with E-state index in [1.54, 1.807) is 26.0 Å². The van der Waals surface area contributed by atoms with Crippen LogP contribution in [-0.4, -0.2) is 39.9 Å². The van der Waals surface area contributed by atoms with E-state index in [2.05, 4.69) is 20.2 Å². The molecule has 0 bridgehead atoms. The second kappa shape index (κ2) is 6.05. The molecule has 0 radical (unpaired) electrons. The fourth-order valence-electron chi connectivity index (χ4n) is 1.55. The molecule has 0 aliphatic heterocycles. The maximum absolute atomic E-state index is 11.7. The Labute approximate surface area is 116 Å². The molecule has 0 saturated heterocycles. The lowest BCUT2D eigenvalue weighted by atomic mass is 10.2. The van der Waals surface area contributed by atoms with Crippen molar-refractivity contribution in [2.75, 3.05) is 13.7 Å². The molecule has 0 atom stereocenters. The van der Waals surface area contributed by atoms with Crippen molar-refractivity contribution in [2.45, 2.75) is 13.8 Å². The van der Waals surface area contributed by atoms with Crippen molar-refractivity contribution in [3.63, 3.8) is 0 Å². The molecular formula is C13H14N4O3. The Kier molecular flexibility index (Phi) is 4.19. The molecule has 2 aromatic rings. The summed E-state index contributed by atoms with van der Waals surface area (Å²) in [6.45, 7) is 3.77. The largest absolute Gasteiger partial charge is 0.480 e. The molecule has 0 unspecified atom stereocenters. The van der Waals surface area contributed by atoms with E-state index in [0.717, 1.165) is 0 Å². The minimum atomic E-state index is -0.433. The van der Waals surface area contributed by atoms with Gasteiger partial charge in [0.1, 0.15) is 5.69 Å². The van der Waals surface area contributed by atoms with Gasteiger partial charge in [-0.05, 0) is 19.9 Å². The lowest BCUT2D eigenvalue weighted by Crippen LogP contribution is -2.09. The van der Waals surface area contributed by atoms with Crippen LogP contribution in [0.3, 0.4) is 0 Å². The fourth-order valence-corrected chi connectivity index (χ4v) is 1.55. The molecule has 2 heterocycles. The molecule has 0 amide bonds. The van der Waals surface area contributed by atoms with Crippen molar-refractivity contribution in [1.82, 2.24) is 20.2 Å². The molecule has 104 valence electrons. The summed E-state index contributed by atoms with van der Waals surface area (Å²) in [5.41, 5.74) is 1.38. The first kappa shape index (κ1) is 13.9. The Bertz CT molecular complexity index is 614. The van der Waals surface area contributed by atoms with E-state index < -0.39 is 5.97 Å². The first-order valence-electron chi connectivity index (χ1n) is 6.04. The molecule has 7 heteroatoms. The van der Waals surface area contributed by atoms with Crippen LogP contribution in [0.25, 0.3) is 11.5 Å². The van der Waals surface area contributed by atoms with Crippen LogP contribution in [0.15, 0.2) is 18.3 Å². The molecule has 0 saturated carbocycles. The minimum Gasteiger partial charge on any atom is -0.480 e. The van der Waals surface area contributed by atoms with Crippen molar-refractivity contribution in [1.29, 1.82) is 0 Å². The zero-order valence-electron chi connectivity index (χ0n) is 11.5. The Balaban J connectivity index is 2.30. The highest BCUT2D eigenvalue weighted by Gasteiger charge is 2.14. The summed E-state index contributed by atoms with van der Waals surface area (Å²) >= 11 is 0. The number of nitrogens with zero attached hydrogens (tertiary/aromatic N) is 4. The molecule has 2 rings (SSSR count). The molecule has 0 aliphatic rings. The van der Waals surface area contributed by atoms with Gasteiger partial charge in [-0.15, -0.1) is 10.2 Å². The van der Waals surface area contributed by atoms with Crippen LogP contribution >= 0.6 is 0 Å². The normalized spacial score (nSPS) is 10.2. The summed E-state index contributed by atoms with van der Waals surface area (Å²) in [5.74, 6) is 0.372. The SMILES string of the molecule is CCOC(=O)c1cnc(-c2ccc(OC)nn2)nc1C. The van der Waals surface area contributed by atoms with E-state index in [4.69, 9.17) is 9.47 Å². The van der Waals surface area contributed by atoms with Crippen LogP contribution in [0.2, 0.25) is 0 Å². The maximum Gasteiger partial charge on any atom is 0.341 e. The van der Waals surface area contributed by atoms with Gasteiger partial charge in [0, 0.05) is 12.3 Å². The van der Waals surface area contributed by atoms with Gasteiger partial charge in [0.25, 0.3) is 0 Å². The number of carbonyl (C=O) groups excluding carboxylic acids is 1. The highest BCUT2D eigenvalue weighted by atomic mass is 16.5. The predicted octanol–water partition coefficient (Wildman–Crippen LogP) is 1.43. The molecule has 2 aromatic heterocycles. The summed E-state index contributed by atoms with van der Waals surface area (Å²) in [4.78, 5) is 20.0. The van der Waals surface area contributed by atoms with E-state index in [-0.39, 0.29) is 0 Å². The number of aromatic nitrogens is 4. The lowest BCUT2D eigenvalue weighted by Gasteiger charge is -2.06. The third-order valence-corrected chi connectivity index (χ3v) is 2.55. The van der Waals surface area contributed by atoms with E-state index in [9.17, 15) is 4.79 Å². The smallest absolute Gasteiger partial charge is 0.341 e. The number of rotatable bonds is 4. The van der Waals surface area contributed by atoms with Crippen LogP contribution in [-0.2, 0) is 4.74 Å². The summed E-state index contributed by atoms with van der Waals surface area (Å²) in [7, 11) is 1.51. The van der Waals surface area contributed by atoms with E-state index in [1.807, 2.05) is 0 Å². The second-order valence-corrected chi connectivity index (χ2v) is 3.87. The van der Waals surface area contributed by atoms with Gasteiger partial charge in [0.15, 0.2) is 5.82 Å². The van der Waals surface area contributed by atoms with Crippen LogP contribution in [0, 0.1) is 6.92 Å². The number of hydrogen-bond acceptors (Lipinski definition) is 7. The van der Waals surface area contributed by atoms with Crippen LogP contribution < -0.4 is 4.74 Å². The van der Waals surface area contributed by atoms with Crippen molar-refractivity contribution < 1.29 is 14.3 Å². The summed E-state index contributed by atoms with van der Waals surface area (Å²) in [6.07, 6.45) is 1.43. The zero-order valence-corrected chi connectivity index (χ0v) is 11.5. The van der Waals surface area contributed by atoms with Crippen LogP contribution in [0.5, 0.6) is 5.88 Å². The lowest BCUT2D eigenvalue weighted by molar-refractivity contribution is 0.0524. The average molecular weight is 274 g/mol. The number of carbonyl (C=O) groups is 1. The topological polar surface area (TPSA) is 87.1 Å². The monoisotopic (exact) mass is 274 g/mol. The minimum absolute atomic E-state index is 0.310. The Morgan fingerprint density at radius 2 is 2.10 bits per heavy atom. The first-order chi connectivity index (χ1) is 9.65. The Morgan fingerprint density at radius 1 is 1.30 bits per heavy atom. The van der Waals surface area contributed by atoms with Crippen molar-refractivity contribution >= 4 is 5.97 Å². The summed E-state index contributed by atoms with van der Waals surface area (Å²) < 4.78 is 9.85. The number of ether oxygens (including phenoxy) is 2. The highest BCUT2D eigenvalue weighted by Crippen LogP contribution is 2.15. The fraction of sp³-hybridized carbons (Fsp3) is 0.308. The third-order valence-electron chi connectivity index (χ3n) is 2.55. The van der Waals surface area contributed by atoms with Gasteiger partial charge in [-0.25, -0.2) is 14.8 Å².